The molecule has 0 N–H and O–H groups in total. The molecule has 0 aliphatic heterocycles. The molecule has 0 heterocycles. The highest BCUT2D eigenvalue weighted by molar-refractivity contribution is 5.86. The SMILES string of the molecule is C=C(C)C(=O)OCC=COC(C)=O. The highest BCUT2D eigenvalue weighted by Crippen LogP contribution is 1.91. The average Bonchev–Trinajstić information content (AvgIpc) is 2.02. The van der Waals surface area contributed by atoms with E-state index in [0.29, 0.717) is 5.57 Å². The van der Waals surface area contributed by atoms with Gasteiger partial charge < -0.3 is 9.47 Å². The van der Waals surface area contributed by atoms with Gasteiger partial charge in [-0.2, -0.15) is 0 Å². The Morgan fingerprint density at radius 3 is 2.46 bits per heavy atom. The molecule has 0 radical (unpaired) electrons. The Balaban J connectivity index is 3.56. The van der Waals surface area contributed by atoms with Gasteiger partial charge in [0.25, 0.3) is 0 Å². The van der Waals surface area contributed by atoms with Gasteiger partial charge in [-0.1, -0.05) is 6.58 Å². The summed E-state index contributed by atoms with van der Waals surface area (Å²) in [6.45, 7) is 6.30. The average molecular weight is 184 g/mol. The molecule has 4 heteroatoms. The van der Waals surface area contributed by atoms with Crippen LogP contribution in [0.3, 0.4) is 0 Å². The molecule has 0 spiro atoms. The van der Waals surface area contributed by atoms with E-state index >= 15 is 0 Å². The summed E-state index contributed by atoms with van der Waals surface area (Å²) in [5.74, 6) is -0.880. The smallest absolute Gasteiger partial charge is 0.333 e. The highest BCUT2D eigenvalue weighted by atomic mass is 16.5. The van der Waals surface area contributed by atoms with Crippen LogP contribution in [-0.2, 0) is 19.1 Å². The molecule has 0 aromatic rings. The van der Waals surface area contributed by atoms with E-state index in [1.54, 1.807) is 6.92 Å². The summed E-state index contributed by atoms with van der Waals surface area (Å²) < 4.78 is 9.12. The monoisotopic (exact) mass is 184 g/mol. The van der Waals surface area contributed by atoms with E-state index in [2.05, 4.69) is 16.1 Å². The largest absolute Gasteiger partial charge is 0.458 e. The van der Waals surface area contributed by atoms with Crippen LogP contribution in [0, 0.1) is 0 Å². The first-order valence-electron chi connectivity index (χ1n) is 3.69. The second kappa shape index (κ2) is 5.99. The maximum atomic E-state index is 10.8. The molecule has 0 unspecified atom stereocenters. The fourth-order valence-electron chi connectivity index (χ4n) is 0.430. The lowest BCUT2D eigenvalue weighted by Crippen LogP contribution is -2.04. The van der Waals surface area contributed by atoms with Gasteiger partial charge in [-0.3, -0.25) is 4.79 Å². The van der Waals surface area contributed by atoms with E-state index in [1.807, 2.05) is 0 Å². The quantitative estimate of drug-likeness (QED) is 0.374. The topological polar surface area (TPSA) is 52.6 Å². The molecule has 4 nitrogen and oxygen atoms in total. The lowest BCUT2D eigenvalue weighted by molar-refractivity contribution is -0.137. The fraction of sp³-hybridized carbons (Fsp3) is 0.333. The van der Waals surface area contributed by atoms with Crippen molar-refractivity contribution in [2.75, 3.05) is 6.61 Å². The number of hydrogen-bond donors (Lipinski definition) is 0. The van der Waals surface area contributed by atoms with Crippen molar-refractivity contribution in [2.24, 2.45) is 0 Å². The first-order valence-corrected chi connectivity index (χ1v) is 3.69. The van der Waals surface area contributed by atoms with Crippen LogP contribution in [0.1, 0.15) is 13.8 Å². The minimum atomic E-state index is -0.465. The molecule has 0 aromatic carbocycles. The van der Waals surface area contributed by atoms with Crippen molar-refractivity contribution in [2.45, 2.75) is 13.8 Å². The van der Waals surface area contributed by atoms with Gasteiger partial charge in [0, 0.05) is 12.5 Å². The third-order valence-corrected chi connectivity index (χ3v) is 0.989. The second-order valence-corrected chi connectivity index (χ2v) is 2.36. The van der Waals surface area contributed by atoms with Gasteiger partial charge in [-0.15, -0.1) is 0 Å². The van der Waals surface area contributed by atoms with E-state index in [9.17, 15) is 9.59 Å². The van der Waals surface area contributed by atoms with E-state index < -0.39 is 11.9 Å². The Labute approximate surface area is 76.8 Å². The van der Waals surface area contributed by atoms with Crippen molar-refractivity contribution < 1.29 is 19.1 Å². The van der Waals surface area contributed by atoms with Crippen molar-refractivity contribution in [3.05, 3.63) is 24.5 Å². The summed E-state index contributed by atoms with van der Waals surface area (Å²) >= 11 is 0. The third kappa shape index (κ3) is 6.80. The highest BCUT2D eigenvalue weighted by Gasteiger charge is 1.99. The molecule has 0 rings (SSSR count). The fourth-order valence-corrected chi connectivity index (χ4v) is 0.430. The summed E-state index contributed by atoms with van der Waals surface area (Å²) in [5, 5.41) is 0. The molecular weight excluding hydrogens is 172 g/mol. The second-order valence-electron chi connectivity index (χ2n) is 2.36. The van der Waals surface area contributed by atoms with Gasteiger partial charge in [0.15, 0.2) is 0 Å². The molecule has 0 bridgehead atoms. The zero-order chi connectivity index (χ0) is 10.3. The number of ether oxygens (including phenoxy) is 2. The van der Waals surface area contributed by atoms with Gasteiger partial charge in [0.2, 0.25) is 0 Å². The standard InChI is InChI=1S/C9H12O4/c1-7(2)9(11)13-6-4-5-12-8(3)10/h4-5H,1,6H2,2-3H3. The molecule has 13 heavy (non-hydrogen) atoms. The Morgan fingerprint density at radius 1 is 1.38 bits per heavy atom. The molecule has 0 saturated carbocycles. The summed E-state index contributed by atoms with van der Waals surface area (Å²) in [4.78, 5) is 21.0. The van der Waals surface area contributed by atoms with Crippen molar-refractivity contribution >= 4 is 11.9 Å². The van der Waals surface area contributed by atoms with Crippen molar-refractivity contribution in [1.29, 1.82) is 0 Å². The van der Waals surface area contributed by atoms with Crippen LogP contribution in [0.4, 0.5) is 0 Å². The Bertz CT molecular complexity index is 240. The minimum absolute atomic E-state index is 0.0684. The first-order chi connectivity index (χ1) is 6.04. The first kappa shape index (κ1) is 11.4. The lowest BCUT2D eigenvalue weighted by atomic mass is 10.4. The predicted octanol–water partition coefficient (Wildman–Crippen LogP) is 1.18. The number of rotatable bonds is 4. The van der Waals surface area contributed by atoms with E-state index in [4.69, 9.17) is 0 Å². The Hall–Kier alpha value is -1.58. The summed E-state index contributed by atoms with van der Waals surface area (Å²) in [7, 11) is 0. The molecule has 0 atom stereocenters. The van der Waals surface area contributed by atoms with Gasteiger partial charge in [-0.25, -0.2) is 4.79 Å². The summed E-state index contributed by atoms with van der Waals surface area (Å²) in [6, 6.07) is 0. The zero-order valence-corrected chi connectivity index (χ0v) is 7.70. The molecule has 0 aromatic heterocycles. The van der Waals surface area contributed by atoms with Crippen molar-refractivity contribution in [3.8, 4) is 0 Å². The molecule has 72 valence electrons. The summed E-state index contributed by atoms with van der Waals surface area (Å²) in [6.07, 6.45) is 2.59. The number of esters is 2. The molecular formula is C9H12O4. The van der Waals surface area contributed by atoms with Crippen molar-refractivity contribution in [1.82, 2.24) is 0 Å². The van der Waals surface area contributed by atoms with E-state index in [-0.39, 0.29) is 6.61 Å². The molecule has 0 saturated heterocycles. The van der Waals surface area contributed by atoms with Gasteiger partial charge in [0.05, 0.1) is 6.26 Å². The van der Waals surface area contributed by atoms with Gasteiger partial charge >= 0.3 is 11.9 Å². The molecule has 0 aliphatic carbocycles. The van der Waals surface area contributed by atoms with Crippen LogP contribution in [0.15, 0.2) is 24.5 Å². The van der Waals surface area contributed by atoms with E-state index in [0.717, 1.165) is 0 Å². The van der Waals surface area contributed by atoms with Gasteiger partial charge in [-0.05, 0) is 13.0 Å². The molecule has 0 fully saturated rings. The zero-order valence-electron chi connectivity index (χ0n) is 7.70. The predicted molar refractivity (Wildman–Crippen MR) is 46.7 cm³/mol. The van der Waals surface area contributed by atoms with E-state index in [1.165, 1.54) is 19.3 Å². The van der Waals surface area contributed by atoms with Crippen LogP contribution in [-0.4, -0.2) is 18.5 Å². The van der Waals surface area contributed by atoms with Crippen LogP contribution in [0.25, 0.3) is 0 Å². The van der Waals surface area contributed by atoms with Crippen LogP contribution in [0.2, 0.25) is 0 Å². The van der Waals surface area contributed by atoms with Gasteiger partial charge in [0.1, 0.15) is 6.61 Å². The Kier molecular flexibility index (Phi) is 5.27. The maximum Gasteiger partial charge on any atom is 0.333 e. The summed E-state index contributed by atoms with van der Waals surface area (Å²) in [5.41, 5.74) is 0.334. The van der Waals surface area contributed by atoms with Crippen LogP contribution in [0.5, 0.6) is 0 Å². The maximum absolute atomic E-state index is 10.8. The van der Waals surface area contributed by atoms with Crippen molar-refractivity contribution in [3.63, 3.8) is 0 Å². The third-order valence-electron chi connectivity index (χ3n) is 0.989. The number of carbonyl (C=O) groups excluding carboxylic acids is 2. The number of hydrogen-bond acceptors (Lipinski definition) is 4. The number of carbonyl (C=O) groups is 2. The Morgan fingerprint density at radius 2 is 2.00 bits per heavy atom. The van der Waals surface area contributed by atoms with Crippen LogP contribution >= 0.6 is 0 Å². The molecule has 0 aliphatic rings. The van der Waals surface area contributed by atoms with Crippen LogP contribution < -0.4 is 0 Å². The lowest BCUT2D eigenvalue weighted by Gasteiger charge is -1.98. The molecule has 0 amide bonds. The normalized spacial score (nSPS) is 9.69. The minimum Gasteiger partial charge on any atom is -0.458 e.